The molecule has 6 heteroatoms. The molecule has 4 nitrogen and oxygen atoms in total. The zero-order valence-corrected chi connectivity index (χ0v) is 8.78. The Morgan fingerprint density at radius 3 is 2.07 bits per heavy atom. The van der Waals surface area contributed by atoms with Gasteiger partial charge in [-0.25, -0.2) is 4.21 Å². The van der Waals surface area contributed by atoms with Gasteiger partial charge in [0.15, 0.2) is 11.1 Å². The minimum Gasteiger partial charge on any atom is -0.410 e. The number of benzene rings is 1. The van der Waals surface area contributed by atoms with E-state index in [0.29, 0.717) is 4.90 Å². The van der Waals surface area contributed by atoms with E-state index in [1.807, 2.05) is 0 Å². The van der Waals surface area contributed by atoms with Crippen LogP contribution in [0.25, 0.3) is 0 Å². The van der Waals surface area contributed by atoms with Crippen molar-refractivity contribution in [1.82, 2.24) is 0 Å². The molecule has 0 amide bonds. The van der Waals surface area contributed by atoms with Crippen molar-refractivity contribution in [3.63, 3.8) is 0 Å². The average molecular weight is 214 g/mol. The first-order valence-electron chi connectivity index (χ1n) is 3.95. The van der Waals surface area contributed by atoms with Crippen LogP contribution < -0.4 is 5.46 Å². The van der Waals surface area contributed by atoms with Crippen molar-refractivity contribution in [2.45, 2.75) is 4.90 Å². The number of hydrogen-bond acceptors (Lipinski definition) is 3. The maximum absolute atomic E-state index is 10.7. The van der Waals surface area contributed by atoms with E-state index in [-0.39, 0.29) is 0 Å². The lowest BCUT2D eigenvalue weighted by molar-refractivity contribution is 0.292. The summed E-state index contributed by atoms with van der Waals surface area (Å²) < 4.78 is 29.5. The lowest BCUT2D eigenvalue weighted by Crippen LogP contribution is -2.34. The average Bonchev–Trinajstić information content (AvgIpc) is 2.20. The number of rotatable bonds is 4. The Balaban J connectivity index is 2.87. The predicted molar refractivity (Wildman–Crippen MR) is 54.9 cm³/mol. The van der Waals surface area contributed by atoms with Crippen LogP contribution in [0.4, 0.5) is 0 Å². The standard InChI is InChI=1S/C8H11BO4S/c1-12-9(13-2)7-3-5-8(6-4-7)14(10)11/h3-6H,1-2H3,(H,10,11). The van der Waals surface area contributed by atoms with Crippen molar-refractivity contribution in [3.05, 3.63) is 24.3 Å². The number of hydrogen-bond donors (Lipinski definition) is 1. The van der Waals surface area contributed by atoms with E-state index in [0.717, 1.165) is 5.46 Å². The predicted octanol–water partition coefficient (Wildman–Crippen LogP) is 0.255. The van der Waals surface area contributed by atoms with E-state index in [1.54, 1.807) is 24.3 Å². The minimum absolute atomic E-state index is 0.361. The van der Waals surface area contributed by atoms with Crippen LogP contribution in [-0.2, 0) is 20.4 Å². The summed E-state index contributed by atoms with van der Waals surface area (Å²) in [6.45, 7) is 0. The maximum atomic E-state index is 10.7. The van der Waals surface area contributed by atoms with Crippen molar-refractivity contribution in [1.29, 1.82) is 0 Å². The van der Waals surface area contributed by atoms with Gasteiger partial charge in [-0.05, 0) is 17.6 Å². The van der Waals surface area contributed by atoms with Gasteiger partial charge in [0, 0.05) is 14.2 Å². The van der Waals surface area contributed by atoms with E-state index in [9.17, 15) is 4.21 Å². The fourth-order valence-electron chi connectivity index (χ4n) is 1.11. The highest BCUT2D eigenvalue weighted by Gasteiger charge is 2.17. The van der Waals surface area contributed by atoms with E-state index in [2.05, 4.69) is 0 Å². The van der Waals surface area contributed by atoms with Crippen LogP contribution in [0.15, 0.2) is 29.2 Å². The van der Waals surface area contributed by atoms with E-state index >= 15 is 0 Å². The minimum atomic E-state index is -1.94. The fraction of sp³-hybridized carbons (Fsp3) is 0.250. The van der Waals surface area contributed by atoms with Gasteiger partial charge in [-0.1, -0.05) is 12.1 Å². The van der Waals surface area contributed by atoms with Gasteiger partial charge in [-0.3, -0.25) is 0 Å². The molecule has 0 bridgehead atoms. The Morgan fingerprint density at radius 2 is 1.71 bits per heavy atom. The third-order valence-corrected chi connectivity index (χ3v) is 2.46. The molecule has 0 heterocycles. The first-order chi connectivity index (χ1) is 6.69. The molecule has 0 aliphatic carbocycles. The van der Waals surface area contributed by atoms with Crippen molar-refractivity contribution in [2.24, 2.45) is 0 Å². The zero-order chi connectivity index (χ0) is 10.6. The highest BCUT2D eigenvalue weighted by molar-refractivity contribution is 7.79. The molecule has 14 heavy (non-hydrogen) atoms. The largest absolute Gasteiger partial charge is 0.493 e. The Morgan fingerprint density at radius 1 is 1.21 bits per heavy atom. The van der Waals surface area contributed by atoms with Crippen LogP contribution in [0.1, 0.15) is 0 Å². The molecule has 0 spiro atoms. The molecule has 0 fully saturated rings. The van der Waals surface area contributed by atoms with Gasteiger partial charge in [0.05, 0.1) is 4.90 Å². The molecule has 1 atom stereocenters. The van der Waals surface area contributed by atoms with Crippen LogP contribution in [0, 0.1) is 0 Å². The summed E-state index contributed by atoms with van der Waals surface area (Å²) in [5.74, 6) is 0. The lowest BCUT2D eigenvalue weighted by atomic mass is 9.79. The Kier molecular flexibility index (Phi) is 4.28. The fourth-order valence-corrected chi connectivity index (χ4v) is 1.48. The van der Waals surface area contributed by atoms with Crippen LogP contribution in [0.3, 0.4) is 0 Å². The molecule has 76 valence electrons. The monoisotopic (exact) mass is 214 g/mol. The molecule has 0 aliphatic rings. The molecule has 0 aromatic heterocycles. The third-order valence-electron chi connectivity index (χ3n) is 1.78. The van der Waals surface area contributed by atoms with Crippen molar-refractivity contribution in [3.8, 4) is 0 Å². The molecule has 1 rings (SSSR count). The van der Waals surface area contributed by atoms with Gasteiger partial charge < -0.3 is 13.9 Å². The summed E-state index contributed by atoms with van der Waals surface area (Å²) in [7, 11) is 2.63. The van der Waals surface area contributed by atoms with Crippen LogP contribution in [0.2, 0.25) is 0 Å². The smallest absolute Gasteiger partial charge is 0.410 e. The van der Waals surface area contributed by atoms with Crippen molar-refractivity contribution in [2.75, 3.05) is 14.2 Å². The highest BCUT2D eigenvalue weighted by Crippen LogP contribution is 2.02. The molecular weight excluding hydrogens is 203 g/mol. The molecule has 0 saturated carbocycles. The second kappa shape index (κ2) is 5.26. The van der Waals surface area contributed by atoms with E-state index < -0.39 is 18.2 Å². The normalized spacial score (nSPS) is 12.5. The van der Waals surface area contributed by atoms with Crippen molar-refractivity contribution < 1.29 is 18.1 Å². The molecule has 1 unspecified atom stereocenters. The molecular formula is C8H11BO4S. The molecule has 1 aromatic rings. The Hall–Kier alpha value is -0.685. The van der Waals surface area contributed by atoms with Gasteiger partial charge in [-0.15, -0.1) is 0 Å². The van der Waals surface area contributed by atoms with Gasteiger partial charge in [-0.2, -0.15) is 0 Å². The molecule has 0 aliphatic heterocycles. The molecule has 1 N–H and O–H groups in total. The van der Waals surface area contributed by atoms with E-state index in [4.69, 9.17) is 13.9 Å². The lowest BCUT2D eigenvalue weighted by Gasteiger charge is -2.08. The summed E-state index contributed by atoms with van der Waals surface area (Å²) >= 11 is -1.94. The summed E-state index contributed by atoms with van der Waals surface area (Å²) in [5.41, 5.74) is 0.809. The Bertz CT molecular complexity index is 310. The molecule has 0 radical (unpaired) electrons. The molecule has 1 aromatic carbocycles. The van der Waals surface area contributed by atoms with Crippen molar-refractivity contribution >= 4 is 23.7 Å². The first-order valence-corrected chi connectivity index (χ1v) is 5.06. The molecule has 0 saturated heterocycles. The Labute approximate surface area is 85.7 Å². The van der Waals surface area contributed by atoms with Crippen LogP contribution >= 0.6 is 0 Å². The summed E-state index contributed by atoms with van der Waals surface area (Å²) in [6, 6.07) is 6.52. The second-order valence-corrected chi connectivity index (χ2v) is 3.59. The second-order valence-electron chi connectivity index (χ2n) is 2.62. The van der Waals surface area contributed by atoms with Gasteiger partial charge >= 0.3 is 7.12 Å². The highest BCUT2D eigenvalue weighted by atomic mass is 32.2. The third kappa shape index (κ3) is 2.65. The first kappa shape index (κ1) is 11.4. The maximum Gasteiger partial charge on any atom is 0.493 e. The topological polar surface area (TPSA) is 55.8 Å². The zero-order valence-electron chi connectivity index (χ0n) is 7.97. The van der Waals surface area contributed by atoms with Crippen LogP contribution in [-0.4, -0.2) is 30.1 Å². The quantitative estimate of drug-likeness (QED) is 0.576. The summed E-state index contributed by atoms with van der Waals surface area (Å²) in [5, 5.41) is 0. The summed E-state index contributed by atoms with van der Waals surface area (Å²) in [4.78, 5) is 0.361. The van der Waals surface area contributed by atoms with Gasteiger partial charge in [0.1, 0.15) is 0 Å². The van der Waals surface area contributed by atoms with E-state index in [1.165, 1.54) is 14.2 Å². The van der Waals surface area contributed by atoms with Crippen LogP contribution in [0.5, 0.6) is 0 Å². The summed E-state index contributed by atoms with van der Waals surface area (Å²) in [6.07, 6.45) is 0. The van der Waals surface area contributed by atoms with Gasteiger partial charge in [0.2, 0.25) is 0 Å². The van der Waals surface area contributed by atoms with Gasteiger partial charge in [0.25, 0.3) is 0 Å². The SMILES string of the molecule is COB(OC)c1ccc(S(=O)O)cc1.